The molecule has 0 saturated heterocycles. The summed E-state index contributed by atoms with van der Waals surface area (Å²) in [5, 5.41) is 37.9. The van der Waals surface area contributed by atoms with E-state index >= 15 is 0 Å². The molecule has 0 atom stereocenters. The topological polar surface area (TPSA) is 88.0 Å². The Hall–Kier alpha value is -2.98. The molecule has 2 aromatic carbocycles. The molecule has 0 saturated carbocycles. The van der Waals surface area contributed by atoms with Gasteiger partial charge in [-0.1, -0.05) is 37.6 Å². The number of hydrogen-bond acceptors (Lipinski definition) is 4. The predicted molar refractivity (Wildman–Crippen MR) is 83.2 cm³/mol. The van der Waals surface area contributed by atoms with Crippen LogP contribution in [-0.4, -0.2) is 10.2 Å². The molecule has 0 spiro atoms. The maximum absolute atomic E-state index is 9.85. The quantitative estimate of drug-likeness (QED) is 0.838. The molecule has 22 heavy (non-hydrogen) atoms. The summed E-state index contributed by atoms with van der Waals surface area (Å²) < 4.78 is 0. The van der Waals surface area contributed by atoms with Crippen LogP contribution in [0.25, 0.3) is 11.1 Å². The molecule has 2 aromatic rings. The van der Waals surface area contributed by atoms with E-state index in [9.17, 15) is 20.7 Å². The normalized spacial score (nSPS) is 9.95. The number of phenols is 2. The van der Waals surface area contributed by atoms with Crippen molar-refractivity contribution in [2.24, 2.45) is 0 Å². The van der Waals surface area contributed by atoms with Crippen LogP contribution in [0, 0.1) is 22.7 Å². The van der Waals surface area contributed by atoms with Gasteiger partial charge in [0.25, 0.3) is 0 Å². The molecular formula is C18H16N2O2. The molecule has 0 aliphatic carbocycles. The Kier molecular flexibility index (Phi) is 4.66. The minimum atomic E-state index is -0.494. The standard InChI is InChI=1S/C18H16N2O2/c1-2-3-4-12-5-7-13(8-6-12)17-14(10-19)9-16(21)18(22)15(17)11-20/h5-9,21-22H,2-4H2,1H3. The monoisotopic (exact) mass is 292 g/mol. The Morgan fingerprint density at radius 2 is 1.73 bits per heavy atom. The largest absolute Gasteiger partial charge is 0.504 e. The van der Waals surface area contributed by atoms with Crippen molar-refractivity contribution in [3.05, 3.63) is 47.0 Å². The highest BCUT2D eigenvalue weighted by atomic mass is 16.3. The van der Waals surface area contributed by atoms with Gasteiger partial charge in [0.1, 0.15) is 11.6 Å². The van der Waals surface area contributed by atoms with Gasteiger partial charge in [-0.3, -0.25) is 0 Å². The van der Waals surface area contributed by atoms with Gasteiger partial charge in [-0.2, -0.15) is 10.5 Å². The van der Waals surface area contributed by atoms with Crippen molar-refractivity contribution in [2.45, 2.75) is 26.2 Å². The van der Waals surface area contributed by atoms with E-state index in [0.29, 0.717) is 11.1 Å². The van der Waals surface area contributed by atoms with Gasteiger partial charge in [-0.25, -0.2) is 0 Å². The van der Waals surface area contributed by atoms with Crippen LogP contribution in [-0.2, 0) is 6.42 Å². The molecule has 0 bridgehead atoms. The fourth-order valence-corrected chi connectivity index (χ4v) is 2.37. The van der Waals surface area contributed by atoms with E-state index < -0.39 is 11.5 Å². The van der Waals surface area contributed by atoms with Crippen molar-refractivity contribution < 1.29 is 10.2 Å². The van der Waals surface area contributed by atoms with E-state index in [0.717, 1.165) is 19.3 Å². The first-order valence-corrected chi connectivity index (χ1v) is 7.10. The van der Waals surface area contributed by atoms with Gasteiger partial charge in [-0.15, -0.1) is 0 Å². The highest BCUT2D eigenvalue weighted by Gasteiger charge is 2.18. The molecule has 0 aliphatic rings. The third-order valence-electron chi connectivity index (χ3n) is 3.57. The summed E-state index contributed by atoms with van der Waals surface area (Å²) in [6.07, 6.45) is 3.20. The van der Waals surface area contributed by atoms with E-state index in [1.807, 2.05) is 36.4 Å². The van der Waals surface area contributed by atoms with Crippen LogP contribution in [0.3, 0.4) is 0 Å². The SMILES string of the molecule is CCCCc1ccc(-c2c(C#N)cc(O)c(O)c2C#N)cc1. The second-order valence-electron chi connectivity index (χ2n) is 5.07. The highest BCUT2D eigenvalue weighted by Crippen LogP contribution is 2.39. The van der Waals surface area contributed by atoms with E-state index in [-0.39, 0.29) is 11.1 Å². The van der Waals surface area contributed by atoms with Crippen LogP contribution in [0.15, 0.2) is 30.3 Å². The van der Waals surface area contributed by atoms with Gasteiger partial charge in [0, 0.05) is 11.6 Å². The summed E-state index contributed by atoms with van der Waals surface area (Å²) in [4.78, 5) is 0. The van der Waals surface area contributed by atoms with Crippen molar-refractivity contribution in [3.63, 3.8) is 0 Å². The smallest absolute Gasteiger partial charge is 0.176 e. The zero-order valence-corrected chi connectivity index (χ0v) is 12.3. The van der Waals surface area contributed by atoms with Crippen molar-refractivity contribution in [1.29, 1.82) is 10.5 Å². The number of hydrogen-bond donors (Lipinski definition) is 2. The molecule has 4 nitrogen and oxygen atoms in total. The van der Waals surface area contributed by atoms with Crippen LogP contribution in [0.5, 0.6) is 11.5 Å². The molecule has 2 rings (SSSR count). The summed E-state index contributed by atoms with van der Waals surface area (Å²) >= 11 is 0. The minimum Gasteiger partial charge on any atom is -0.504 e. The molecule has 0 radical (unpaired) electrons. The fourth-order valence-electron chi connectivity index (χ4n) is 2.37. The number of phenolic OH excluding ortho intramolecular Hbond substituents is 2. The van der Waals surface area contributed by atoms with E-state index in [2.05, 4.69) is 6.92 Å². The second kappa shape index (κ2) is 6.65. The lowest BCUT2D eigenvalue weighted by molar-refractivity contribution is 0.402. The molecule has 0 amide bonds. The number of nitrogens with zero attached hydrogens (tertiary/aromatic N) is 2. The van der Waals surface area contributed by atoms with Gasteiger partial charge >= 0.3 is 0 Å². The molecule has 0 fully saturated rings. The lowest BCUT2D eigenvalue weighted by atomic mass is 9.93. The summed E-state index contributed by atoms with van der Waals surface area (Å²) in [6, 6.07) is 12.6. The average Bonchev–Trinajstić information content (AvgIpc) is 2.55. The van der Waals surface area contributed by atoms with E-state index in [1.54, 1.807) is 0 Å². The van der Waals surface area contributed by atoms with Crippen LogP contribution in [0.2, 0.25) is 0 Å². The maximum Gasteiger partial charge on any atom is 0.176 e. The molecular weight excluding hydrogens is 276 g/mol. The van der Waals surface area contributed by atoms with Crippen LogP contribution < -0.4 is 0 Å². The highest BCUT2D eigenvalue weighted by molar-refractivity contribution is 5.81. The number of rotatable bonds is 4. The van der Waals surface area contributed by atoms with Crippen molar-refractivity contribution in [2.75, 3.05) is 0 Å². The number of aromatic hydroxyl groups is 2. The average molecular weight is 292 g/mol. The molecule has 0 aromatic heterocycles. The first-order chi connectivity index (χ1) is 10.6. The van der Waals surface area contributed by atoms with E-state index in [1.165, 1.54) is 11.6 Å². The number of aryl methyl sites for hydroxylation is 1. The molecule has 4 heteroatoms. The minimum absolute atomic E-state index is 0.0853. The molecule has 110 valence electrons. The number of unbranched alkanes of at least 4 members (excludes halogenated alkanes) is 1. The molecule has 0 unspecified atom stereocenters. The zero-order chi connectivity index (χ0) is 16.1. The lowest BCUT2D eigenvalue weighted by Gasteiger charge is -2.11. The Bertz CT molecular complexity index is 766. The first kappa shape index (κ1) is 15.4. The van der Waals surface area contributed by atoms with Gasteiger partial charge in [0.15, 0.2) is 11.5 Å². The molecule has 0 heterocycles. The van der Waals surface area contributed by atoms with Crippen molar-refractivity contribution >= 4 is 0 Å². The summed E-state index contributed by atoms with van der Waals surface area (Å²) in [7, 11) is 0. The first-order valence-electron chi connectivity index (χ1n) is 7.10. The summed E-state index contributed by atoms with van der Waals surface area (Å²) in [5.41, 5.74) is 2.28. The Balaban J connectivity index is 2.55. The fraction of sp³-hybridized carbons (Fsp3) is 0.222. The van der Waals surface area contributed by atoms with Gasteiger partial charge in [0.05, 0.1) is 11.6 Å². The number of benzene rings is 2. The predicted octanol–water partition coefficient (Wildman–Crippen LogP) is 3.85. The third-order valence-corrected chi connectivity index (χ3v) is 3.57. The van der Waals surface area contributed by atoms with Crippen LogP contribution in [0.1, 0.15) is 36.5 Å². The van der Waals surface area contributed by atoms with Crippen molar-refractivity contribution in [3.8, 4) is 34.8 Å². The van der Waals surface area contributed by atoms with E-state index in [4.69, 9.17) is 0 Å². The number of nitriles is 2. The molecule has 0 aliphatic heterocycles. The Labute approximate surface area is 129 Å². The van der Waals surface area contributed by atoms with Gasteiger partial charge in [0.2, 0.25) is 0 Å². The summed E-state index contributed by atoms with van der Waals surface area (Å²) in [5.74, 6) is -0.956. The Morgan fingerprint density at radius 1 is 1.05 bits per heavy atom. The zero-order valence-electron chi connectivity index (χ0n) is 12.3. The summed E-state index contributed by atoms with van der Waals surface area (Å²) in [6.45, 7) is 2.13. The third kappa shape index (κ3) is 2.87. The second-order valence-corrected chi connectivity index (χ2v) is 5.07. The van der Waals surface area contributed by atoms with Crippen LogP contribution >= 0.6 is 0 Å². The maximum atomic E-state index is 9.85. The van der Waals surface area contributed by atoms with Crippen molar-refractivity contribution in [1.82, 2.24) is 0 Å². The lowest BCUT2D eigenvalue weighted by Crippen LogP contribution is -1.92. The van der Waals surface area contributed by atoms with Crippen LogP contribution in [0.4, 0.5) is 0 Å². The Morgan fingerprint density at radius 3 is 2.27 bits per heavy atom. The molecule has 2 N–H and O–H groups in total. The van der Waals surface area contributed by atoms with Gasteiger partial charge < -0.3 is 10.2 Å². The van der Waals surface area contributed by atoms with Gasteiger partial charge in [-0.05, 0) is 24.0 Å².